The Labute approximate surface area is 167 Å². The number of piperidine rings is 2. The lowest BCUT2D eigenvalue weighted by Gasteiger charge is -2.31. The molecule has 1 amide bonds. The summed E-state index contributed by atoms with van der Waals surface area (Å²) in [7, 11) is -3.48. The maximum Gasteiger partial charge on any atom is 0.252 e. The molecule has 27 heavy (non-hydrogen) atoms. The van der Waals surface area contributed by atoms with Gasteiger partial charge in [-0.1, -0.05) is 6.42 Å². The summed E-state index contributed by atoms with van der Waals surface area (Å²) in [5, 5.41) is 3.02. The van der Waals surface area contributed by atoms with Gasteiger partial charge in [0.2, 0.25) is 5.91 Å². The van der Waals surface area contributed by atoms with Crippen molar-refractivity contribution >= 4 is 27.3 Å². The van der Waals surface area contributed by atoms with Gasteiger partial charge in [-0.15, -0.1) is 11.3 Å². The van der Waals surface area contributed by atoms with Gasteiger partial charge in [0.15, 0.2) is 0 Å². The van der Waals surface area contributed by atoms with E-state index in [1.165, 1.54) is 48.0 Å². The summed E-state index contributed by atoms with van der Waals surface area (Å²) in [6, 6.07) is 3.49. The van der Waals surface area contributed by atoms with E-state index in [0.29, 0.717) is 17.3 Å². The molecule has 3 rings (SSSR count). The molecule has 2 fully saturated rings. The number of carbonyl (C=O) groups excluding carboxylic acids is 1. The highest BCUT2D eigenvalue weighted by Crippen LogP contribution is 2.28. The van der Waals surface area contributed by atoms with Crippen molar-refractivity contribution in [2.24, 2.45) is 5.92 Å². The first-order chi connectivity index (χ1) is 13.0. The Bertz CT molecular complexity index is 726. The monoisotopic (exact) mass is 413 g/mol. The Morgan fingerprint density at radius 1 is 1.19 bits per heavy atom. The van der Waals surface area contributed by atoms with Gasteiger partial charge in [0, 0.05) is 24.5 Å². The third kappa shape index (κ3) is 5.53. The van der Waals surface area contributed by atoms with Crippen molar-refractivity contribution in [3.63, 3.8) is 0 Å². The number of likely N-dealkylation sites (tertiary alicyclic amines) is 1. The molecule has 0 radical (unpaired) electrons. The van der Waals surface area contributed by atoms with Crippen LogP contribution in [0.5, 0.6) is 0 Å². The maximum atomic E-state index is 12.8. The summed E-state index contributed by atoms with van der Waals surface area (Å²) in [5.74, 6) is -0.250. The summed E-state index contributed by atoms with van der Waals surface area (Å²) < 4.78 is 27.5. The molecule has 3 heterocycles. The van der Waals surface area contributed by atoms with Crippen LogP contribution < -0.4 is 5.32 Å². The fraction of sp³-hybridized carbons (Fsp3) is 0.737. The van der Waals surface area contributed by atoms with Crippen LogP contribution in [0.4, 0.5) is 0 Å². The van der Waals surface area contributed by atoms with E-state index in [2.05, 4.69) is 10.2 Å². The van der Waals surface area contributed by atoms with E-state index in [1.54, 1.807) is 6.07 Å². The fourth-order valence-corrected chi connectivity index (χ4v) is 6.86. The van der Waals surface area contributed by atoms with E-state index < -0.39 is 10.0 Å². The lowest BCUT2D eigenvalue weighted by Crippen LogP contribution is -2.45. The van der Waals surface area contributed by atoms with Crippen LogP contribution in [0.1, 0.15) is 43.4 Å². The van der Waals surface area contributed by atoms with E-state index in [9.17, 15) is 13.2 Å². The Balaban J connectivity index is 1.46. The molecule has 152 valence electrons. The molecular formula is C19H31N3O3S2. The highest BCUT2D eigenvalue weighted by Gasteiger charge is 2.33. The normalized spacial score (nSPS) is 22.6. The molecule has 0 aliphatic carbocycles. The van der Waals surface area contributed by atoms with Crippen LogP contribution in [0.25, 0.3) is 0 Å². The average Bonchev–Trinajstić information content (AvgIpc) is 3.13. The number of nitrogens with one attached hydrogen (secondary N) is 1. The summed E-state index contributed by atoms with van der Waals surface area (Å²) in [6.45, 7) is 6.73. The Kier molecular flexibility index (Phi) is 7.30. The zero-order valence-corrected chi connectivity index (χ0v) is 17.8. The smallest absolute Gasteiger partial charge is 0.252 e. The van der Waals surface area contributed by atoms with Gasteiger partial charge < -0.3 is 10.2 Å². The van der Waals surface area contributed by atoms with Crippen molar-refractivity contribution in [2.75, 3.05) is 39.3 Å². The van der Waals surface area contributed by atoms with E-state index in [1.807, 2.05) is 13.0 Å². The summed E-state index contributed by atoms with van der Waals surface area (Å²) in [5.41, 5.74) is 0. The molecule has 0 spiro atoms. The summed E-state index contributed by atoms with van der Waals surface area (Å²) in [6.07, 6.45) is 6.34. The number of aryl methyl sites for hydroxylation is 1. The molecule has 1 unspecified atom stereocenters. The predicted octanol–water partition coefficient (Wildman–Crippen LogP) is 2.45. The predicted molar refractivity (Wildman–Crippen MR) is 108 cm³/mol. The van der Waals surface area contributed by atoms with Crippen molar-refractivity contribution in [1.82, 2.24) is 14.5 Å². The minimum atomic E-state index is -3.48. The lowest BCUT2D eigenvalue weighted by molar-refractivity contribution is -0.126. The first-order valence-corrected chi connectivity index (χ1v) is 12.3. The van der Waals surface area contributed by atoms with Crippen molar-refractivity contribution in [3.8, 4) is 0 Å². The Morgan fingerprint density at radius 3 is 2.67 bits per heavy atom. The molecule has 8 heteroatoms. The van der Waals surface area contributed by atoms with Crippen LogP contribution >= 0.6 is 11.3 Å². The molecule has 6 nitrogen and oxygen atoms in total. The molecular weight excluding hydrogens is 382 g/mol. The first kappa shape index (κ1) is 20.8. The number of hydrogen-bond donors (Lipinski definition) is 1. The third-order valence-corrected chi connectivity index (χ3v) is 8.80. The summed E-state index contributed by atoms with van der Waals surface area (Å²) in [4.78, 5) is 16.0. The highest BCUT2D eigenvalue weighted by molar-refractivity contribution is 7.91. The number of carbonyl (C=O) groups is 1. The second-order valence-electron chi connectivity index (χ2n) is 7.61. The van der Waals surface area contributed by atoms with Gasteiger partial charge in [-0.05, 0) is 70.8 Å². The number of thiophene rings is 1. The van der Waals surface area contributed by atoms with Crippen LogP contribution in [0.15, 0.2) is 16.3 Å². The van der Waals surface area contributed by atoms with Gasteiger partial charge in [-0.25, -0.2) is 8.42 Å². The molecule has 0 aromatic carbocycles. The van der Waals surface area contributed by atoms with Gasteiger partial charge in [0.25, 0.3) is 10.0 Å². The number of sulfonamides is 1. The van der Waals surface area contributed by atoms with Crippen LogP contribution in [-0.2, 0) is 14.8 Å². The van der Waals surface area contributed by atoms with Gasteiger partial charge in [0.1, 0.15) is 4.21 Å². The molecule has 1 aromatic rings. The number of rotatable bonds is 7. The molecule has 1 N–H and O–H groups in total. The molecule has 0 bridgehead atoms. The third-order valence-electron chi connectivity index (χ3n) is 5.46. The standard InChI is InChI=1S/C19H31N3O3S2/c1-16-8-9-18(26-16)27(24,25)22-14-5-7-17(15-22)19(23)20-10-6-13-21-11-3-2-4-12-21/h8-9,17H,2-7,10-15H2,1H3,(H,20,23). The van der Waals surface area contributed by atoms with E-state index in [0.717, 1.165) is 30.7 Å². The molecule has 1 aromatic heterocycles. The largest absolute Gasteiger partial charge is 0.356 e. The van der Waals surface area contributed by atoms with E-state index in [4.69, 9.17) is 0 Å². The first-order valence-electron chi connectivity index (χ1n) is 10.0. The minimum absolute atomic E-state index is 0.00379. The SMILES string of the molecule is Cc1ccc(S(=O)(=O)N2CCCC(C(=O)NCCCN3CCCCC3)C2)s1. The van der Waals surface area contributed by atoms with Crippen LogP contribution in [0.2, 0.25) is 0 Å². The molecule has 2 saturated heterocycles. The quantitative estimate of drug-likeness (QED) is 0.697. The minimum Gasteiger partial charge on any atom is -0.356 e. The topological polar surface area (TPSA) is 69.7 Å². The molecule has 0 saturated carbocycles. The number of nitrogens with zero attached hydrogens (tertiary/aromatic N) is 2. The zero-order valence-electron chi connectivity index (χ0n) is 16.2. The van der Waals surface area contributed by atoms with Crippen molar-refractivity contribution in [3.05, 3.63) is 17.0 Å². The van der Waals surface area contributed by atoms with Crippen molar-refractivity contribution in [2.45, 2.75) is 49.7 Å². The molecule has 2 aliphatic rings. The lowest BCUT2D eigenvalue weighted by atomic mass is 9.99. The second-order valence-corrected chi connectivity index (χ2v) is 11.1. The van der Waals surface area contributed by atoms with Gasteiger partial charge in [-0.3, -0.25) is 4.79 Å². The van der Waals surface area contributed by atoms with E-state index >= 15 is 0 Å². The Hall–Kier alpha value is -0.960. The van der Waals surface area contributed by atoms with Crippen LogP contribution in [0.3, 0.4) is 0 Å². The summed E-state index contributed by atoms with van der Waals surface area (Å²) >= 11 is 1.29. The van der Waals surface area contributed by atoms with Crippen molar-refractivity contribution in [1.29, 1.82) is 0 Å². The molecule has 1 atom stereocenters. The van der Waals surface area contributed by atoms with Gasteiger partial charge in [-0.2, -0.15) is 4.31 Å². The van der Waals surface area contributed by atoms with E-state index in [-0.39, 0.29) is 18.4 Å². The number of hydrogen-bond acceptors (Lipinski definition) is 5. The second kappa shape index (κ2) is 9.49. The van der Waals surface area contributed by atoms with Gasteiger partial charge in [0.05, 0.1) is 5.92 Å². The van der Waals surface area contributed by atoms with Crippen LogP contribution in [0, 0.1) is 12.8 Å². The number of amides is 1. The van der Waals surface area contributed by atoms with Crippen molar-refractivity contribution < 1.29 is 13.2 Å². The fourth-order valence-electron chi connectivity index (χ4n) is 3.89. The maximum absolute atomic E-state index is 12.8. The zero-order chi connectivity index (χ0) is 19.3. The average molecular weight is 414 g/mol. The highest BCUT2D eigenvalue weighted by atomic mass is 32.2. The van der Waals surface area contributed by atoms with Gasteiger partial charge >= 0.3 is 0 Å². The van der Waals surface area contributed by atoms with Crippen LogP contribution in [-0.4, -0.2) is 62.8 Å². The Morgan fingerprint density at radius 2 is 1.96 bits per heavy atom. The molecule has 2 aliphatic heterocycles.